The fourth-order valence-corrected chi connectivity index (χ4v) is 3.31. The summed E-state index contributed by atoms with van der Waals surface area (Å²) in [6, 6.07) is 8.29. The standard InChI is InChI=1S/C14H19FN2/c1-17(13-4-2-3-11(15)8-13)9-10-7-12-5-6-14(10)16-12/h2-4,8,10,12,14,16H,5-7,9H2,1H3. The minimum atomic E-state index is -0.152. The monoisotopic (exact) mass is 234 g/mol. The van der Waals surface area contributed by atoms with Crippen molar-refractivity contribution in [3.05, 3.63) is 30.1 Å². The predicted octanol–water partition coefficient (Wildman–Crippen LogP) is 2.40. The van der Waals surface area contributed by atoms with Crippen LogP contribution in [0.3, 0.4) is 0 Å². The van der Waals surface area contributed by atoms with E-state index in [4.69, 9.17) is 0 Å². The molecule has 2 bridgehead atoms. The summed E-state index contributed by atoms with van der Waals surface area (Å²) in [5.41, 5.74) is 0.979. The van der Waals surface area contributed by atoms with E-state index < -0.39 is 0 Å². The molecular weight excluding hydrogens is 215 g/mol. The Kier molecular flexibility index (Phi) is 2.79. The average Bonchev–Trinajstić information content (AvgIpc) is 2.91. The Morgan fingerprint density at radius 2 is 2.29 bits per heavy atom. The highest BCUT2D eigenvalue weighted by Crippen LogP contribution is 2.34. The van der Waals surface area contributed by atoms with Crippen LogP contribution in [0.4, 0.5) is 10.1 Å². The molecule has 2 fully saturated rings. The van der Waals surface area contributed by atoms with Gasteiger partial charge in [-0.2, -0.15) is 0 Å². The molecule has 0 spiro atoms. The van der Waals surface area contributed by atoms with Crippen LogP contribution in [-0.2, 0) is 0 Å². The van der Waals surface area contributed by atoms with Crippen LogP contribution in [-0.4, -0.2) is 25.7 Å². The lowest BCUT2D eigenvalue weighted by molar-refractivity contribution is 0.409. The first-order chi connectivity index (χ1) is 8.22. The van der Waals surface area contributed by atoms with E-state index in [1.807, 2.05) is 6.07 Å². The highest BCUT2D eigenvalue weighted by atomic mass is 19.1. The Morgan fingerprint density at radius 3 is 2.94 bits per heavy atom. The van der Waals surface area contributed by atoms with Gasteiger partial charge in [-0.15, -0.1) is 0 Å². The van der Waals surface area contributed by atoms with Crippen molar-refractivity contribution in [2.75, 3.05) is 18.5 Å². The molecule has 0 aromatic heterocycles. The summed E-state index contributed by atoms with van der Waals surface area (Å²) in [6.07, 6.45) is 3.93. The van der Waals surface area contributed by atoms with Gasteiger partial charge in [-0.05, 0) is 43.4 Å². The van der Waals surface area contributed by atoms with Gasteiger partial charge in [0.15, 0.2) is 0 Å². The first-order valence-corrected chi connectivity index (χ1v) is 6.45. The highest BCUT2D eigenvalue weighted by molar-refractivity contribution is 5.45. The zero-order valence-electron chi connectivity index (χ0n) is 10.2. The van der Waals surface area contributed by atoms with E-state index in [-0.39, 0.29) is 5.82 Å². The van der Waals surface area contributed by atoms with Crippen molar-refractivity contribution in [2.45, 2.75) is 31.3 Å². The third-order valence-electron chi connectivity index (χ3n) is 4.19. The van der Waals surface area contributed by atoms with Crippen LogP contribution in [0.2, 0.25) is 0 Å². The molecule has 17 heavy (non-hydrogen) atoms. The number of hydrogen-bond donors (Lipinski definition) is 1. The molecule has 1 aromatic carbocycles. The van der Waals surface area contributed by atoms with Gasteiger partial charge in [-0.3, -0.25) is 0 Å². The molecular formula is C14H19FN2. The molecule has 2 aliphatic rings. The summed E-state index contributed by atoms with van der Waals surface area (Å²) in [5.74, 6) is 0.572. The van der Waals surface area contributed by atoms with Crippen molar-refractivity contribution in [3.63, 3.8) is 0 Å². The quantitative estimate of drug-likeness (QED) is 0.864. The van der Waals surface area contributed by atoms with E-state index in [1.54, 1.807) is 12.1 Å². The van der Waals surface area contributed by atoms with Gasteiger partial charge in [-0.25, -0.2) is 4.39 Å². The highest BCUT2D eigenvalue weighted by Gasteiger charge is 2.39. The molecule has 1 aromatic rings. The number of benzene rings is 1. The van der Waals surface area contributed by atoms with Gasteiger partial charge in [0.25, 0.3) is 0 Å². The molecule has 2 saturated heterocycles. The fraction of sp³-hybridized carbons (Fsp3) is 0.571. The molecule has 0 radical (unpaired) electrons. The smallest absolute Gasteiger partial charge is 0.125 e. The van der Waals surface area contributed by atoms with Crippen molar-refractivity contribution in [1.82, 2.24) is 5.32 Å². The van der Waals surface area contributed by atoms with Crippen LogP contribution >= 0.6 is 0 Å². The van der Waals surface area contributed by atoms with Crippen LogP contribution in [0.15, 0.2) is 24.3 Å². The summed E-state index contributed by atoms with van der Waals surface area (Å²) >= 11 is 0. The van der Waals surface area contributed by atoms with Crippen LogP contribution in [0, 0.1) is 11.7 Å². The number of anilines is 1. The topological polar surface area (TPSA) is 15.3 Å². The summed E-state index contributed by atoms with van der Waals surface area (Å²) in [5, 5.41) is 3.65. The number of rotatable bonds is 3. The normalized spacial score (nSPS) is 30.8. The summed E-state index contributed by atoms with van der Waals surface area (Å²) in [6.45, 7) is 1.03. The number of fused-ring (bicyclic) bond motifs is 2. The molecule has 92 valence electrons. The molecule has 2 heterocycles. The molecule has 2 aliphatic heterocycles. The second kappa shape index (κ2) is 4.30. The Balaban J connectivity index is 1.65. The number of nitrogens with zero attached hydrogens (tertiary/aromatic N) is 1. The lowest BCUT2D eigenvalue weighted by Crippen LogP contribution is -2.33. The molecule has 3 heteroatoms. The first-order valence-electron chi connectivity index (χ1n) is 6.45. The van der Waals surface area contributed by atoms with Gasteiger partial charge in [0.05, 0.1) is 0 Å². The molecule has 3 unspecified atom stereocenters. The van der Waals surface area contributed by atoms with Crippen molar-refractivity contribution in [3.8, 4) is 0 Å². The van der Waals surface area contributed by atoms with Crippen LogP contribution in [0.25, 0.3) is 0 Å². The van der Waals surface area contributed by atoms with Crippen LogP contribution in [0.5, 0.6) is 0 Å². The van der Waals surface area contributed by atoms with Gasteiger partial charge in [0, 0.05) is 31.4 Å². The van der Waals surface area contributed by atoms with Gasteiger partial charge in [-0.1, -0.05) is 6.07 Å². The second-order valence-electron chi connectivity index (χ2n) is 5.40. The Bertz CT molecular complexity index is 407. The maximum Gasteiger partial charge on any atom is 0.125 e. The molecule has 3 atom stereocenters. The molecule has 3 rings (SSSR count). The summed E-state index contributed by atoms with van der Waals surface area (Å²) in [4.78, 5) is 2.18. The van der Waals surface area contributed by atoms with E-state index in [0.29, 0.717) is 6.04 Å². The fourth-order valence-electron chi connectivity index (χ4n) is 3.31. The van der Waals surface area contributed by atoms with Crippen molar-refractivity contribution in [1.29, 1.82) is 0 Å². The average molecular weight is 234 g/mol. The van der Waals surface area contributed by atoms with E-state index in [9.17, 15) is 4.39 Å². The molecule has 2 nitrogen and oxygen atoms in total. The van der Waals surface area contributed by atoms with Crippen LogP contribution < -0.4 is 10.2 Å². The van der Waals surface area contributed by atoms with E-state index in [0.717, 1.165) is 24.2 Å². The van der Waals surface area contributed by atoms with Gasteiger partial charge >= 0.3 is 0 Å². The van der Waals surface area contributed by atoms with E-state index in [2.05, 4.69) is 17.3 Å². The third kappa shape index (κ3) is 2.16. The Morgan fingerprint density at radius 1 is 1.41 bits per heavy atom. The largest absolute Gasteiger partial charge is 0.374 e. The van der Waals surface area contributed by atoms with Crippen molar-refractivity contribution in [2.24, 2.45) is 5.92 Å². The maximum absolute atomic E-state index is 13.2. The molecule has 1 N–H and O–H groups in total. The lowest BCUT2D eigenvalue weighted by Gasteiger charge is -2.27. The van der Waals surface area contributed by atoms with Gasteiger partial charge < -0.3 is 10.2 Å². The summed E-state index contributed by atoms with van der Waals surface area (Å²) in [7, 11) is 2.06. The zero-order chi connectivity index (χ0) is 11.8. The third-order valence-corrected chi connectivity index (χ3v) is 4.19. The van der Waals surface area contributed by atoms with Crippen molar-refractivity contribution < 1.29 is 4.39 Å². The number of halogens is 1. The molecule has 0 saturated carbocycles. The van der Waals surface area contributed by atoms with Crippen molar-refractivity contribution >= 4 is 5.69 Å². The van der Waals surface area contributed by atoms with E-state index in [1.165, 1.54) is 25.3 Å². The lowest BCUT2D eigenvalue weighted by atomic mass is 9.89. The SMILES string of the molecule is CN(CC1CC2CCC1N2)c1cccc(F)c1. The molecule has 0 aliphatic carbocycles. The first kappa shape index (κ1) is 11.0. The van der Waals surface area contributed by atoms with Gasteiger partial charge in [0.1, 0.15) is 5.82 Å². The van der Waals surface area contributed by atoms with E-state index >= 15 is 0 Å². The predicted molar refractivity (Wildman–Crippen MR) is 67.7 cm³/mol. The minimum absolute atomic E-state index is 0.152. The zero-order valence-corrected chi connectivity index (χ0v) is 10.2. The number of nitrogens with one attached hydrogen (secondary N) is 1. The number of hydrogen-bond acceptors (Lipinski definition) is 2. The maximum atomic E-state index is 13.2. The minimum Gasteiger partial charge on any atom is -0.374 e. The Labute approximate surface area is 102 Å². The van der Waals surface area contributed by atoms with Crippen LogP contribution in [0.1, 0.15) is 19.3 Å². The second-order valence-corrected chi connectivity index (χ2v) is 5.40. The summed E-state index contributed by atoms with van der Waals surface area (Å²) < 4.78 is 13.2. The molecule has 0 amide bonds. The van der Waals surface area contributed by atoms with Gasteiger partial charge in [0.2, 0.25) is 0 Å². The Hall–Kier alpha value is -1.09.